The molecule has 1 nitrogen and oxygen atoms in total. The Morgan fingerprint density at radius 1 is 1.10 bits per heavy atom. The van der Waals surface area contributed by atoms with Crippen molar-refractivity contribution in [1.29, 1.82) is 0 Å². The van der Waals surface area contributed by atoms with Crippen molar-refractivity contribution in [1.82, 2.24) is 0 Å². The quantitative estimate of drug-likeness (QED) is 0.863. The highest BCUT2D eigenvalue weighted by atomic mass is 32.1. The van der Waals surface area contributed by atoms with Crippen LogP contribution in [0.2, 0.25) is 0 Å². The molecule has 0 aliphatic heterocycles. The van der Waals surface area contributed by atoms with Crippen molar-refractivity contribution in [2.45, 2.75) is 38.5 Å². The van der Waals surface area contributed by atoms with E-state index < -0.39 is 17.8 Å². The maximum absolute atomic E-state index is 12.6. The first-order valence-corrected chi connectivity index (χ1v) is 7.62. The van der Waals surface area contributed by atoms with Gasteiger partial charge in [-0.15, -0.1) is 11.3 Å². The topological polar surface area (TPSA) is 20.2 Å². The van der Waals surface area contributed by atoms with Crippen molar-refractivity contribution in [2.24, 2.45) is 0 Å². The molecule has 0 saturated heterocycles. The fourth-order valence-electron chi connectivity index (χ4n) is 2.17. The number of halogens is 3. The van der Waals surface area contributed by atoms with Crippen molar-refractivity contribution in [2.75, 3.05) is 0 Å². The highest BCUT2D eigenvalue weighted by molar-refractivity contribution is 7.11. The zero-order valence-corrected chi connectivity index (χ0v) is 12.5. The maximum Gasteiger partial charge on any atom is 0.416 e. The van der Waals surface area contributed by atoms with Crippen LogP contribution in [0, 0.1) is 0 Å². The lowest BCUT2D eigenvalue weighted by atomic mass is 10.0. The summed E-state index contributed by atoms with van der Waals surface area (Å²) in [6.07, 6.45) is -3.36. The molecule has 1 aromatic carbocycles. The lowest BCUT2D eigenvalue weighted by Gasteiger charge is -2.12. The summed E-state index contributed by atoms with van der Waals surface area (Å²) in [4.78, 5) is 2.31. The number of aliphatic hydroxyl groups is 1. The van der Waals surface area contributed by atoms with Gasteiger partial charge in [-0.3, -0.25) is 0 Å². The molecule has 0 saturated carbocycles. The third kappa shape index (κ3) is 4.58. The summed E-state index contributed by atoms with van der Waals surface area (Å²) in [5, 5.41) is 10.1. The van der Waals surface area contributed by atoms with Crippen LogP contribution >= 0.6 is 11.3 Å². The maximum atomic E-state index is 12.6. The lowest BCUT2D eigenvalue weighted by molar-refractivity contribution is -0.137. The normalized spacial score (nSPS) is 13.4. The summed E-state index contributed by atoms with van der Waals surface area (Å²) in [6.45, 7) is 2.06. The van der Waals surface area contributed by atoms with Crippen LogP contribution in [-0.4, -0.2) is 11.2 Å². The summed E-state index contributed by atoms with van der Waals surface area (Å²) in [5.74, 6) is 0. The zero-order chi connectivity index (χ0) is 15.5. The Bertz CT molecular complexity index is 589. The molecular formula is C16H17F3OS. The van der Waals surface area contributed by atoms with Crippen LogP contribution in [0.25, 0.3) is 0 Å². The van der Waals surface area contributed by atoms with Crippen LogP contribution in [0.4, 0.5) is 13.2 Å². The molecule has 0 bridgehead atoms. The van der Waals surface area contributed by atoms with Crippen molar-refractivity contribution in [3.8, 4) is 0 Å². The Balaban J connectivity index is 2.00. The van der Waals surface area contributed by atoms with Gasteiger partial charge in [0.15, 0.2) is 0 Å². The molecule has 5 heteroatoms. The molecule has 114 valence electrons. The summed E-state index contributed by atoms with van der Waals surface area (Å²) >= 11 is 1.64. The molecule has 2 rings (SSSR count). The van der Waals surface area contributed by atoms with Gasteiger partial charge in [0.1, 0.15) is 0 Å². The molecule has 0 aliphatic carbocycles. The van der Waals surface area contributed by atoms with Crippen LogP contribution < -0.4 is 0 Å². The molecule has 21 heavy (non-hydrogen) atoms. The number of rotatable bonds is 5. The molecule has 0 radical (unpaired) electrons. The Labute approximate surface area is 126 Å². The minimum atomic E-state index is -4.34. The Hall–Kier alpha value is -1.33. The van der Waals surface area contributed by atoms with Gasteiger partial charge in [0.25, 0.3) is 0 Å². The Morgan fingerprint density at radius 2 is 1.81 bits per heavy atom. The first-order chi connectivity index (χ1) is 9.88. The van der Waals surface area contributed by atoms with Crippen LogP contribution in [0.5, 0.6) is 0 Å². The van der Waals surface area contributed by atoms with E-state index in [0.29, 0.717) is 12.0 Å². The van der Waals surface area contributed by atoms with Crippen LogP contribution in [0.3, 0.4) is 0 Å². The van der Waals surface area contributed by atoms with E-state index in [1.807, 2.05) is 12.1 Å². The number of hydrogen-bond acceptors (Lipinski definition) is 2. The number of hydrogen-bond donors (Lipinski definition) is 1. The van der Waals surface area contributed by atoms with Crippen molar-refractivity contribution in [3.05, 3.63) is 57.3 Å². The monoisotopic (exact) mass is 314 g/mol. The van der Waals surface area contributed by atoms with Gasteiger partial charge in [0, 0.05) is 16.2 Å². The fourth-order valence-corrected chi connectivity index (χ4v) is 3.20. The highest BCUT2D eigenvalue weighted by Crippen LogP contribution is 2.30. The minimum Gasteiger partial charge on any atom is -0.392 e. The first kappa shape index (κ1) is 16.0. The third-order valence-corrected chi connectivity index (χ3v) is 4.48. The molecule has 0 spiro atoms. The summed E-state index contributed by atoms with van der Waals surface area (Å²) < 4.78 is 37.9. The lowest BCUT2D eigenvalue weighted by Crippen LogP contribution is -2.14. The Morgan fingerprint density at radius 3 is 2.43 bits per heavy atom. The first-order valence-electron chi connectivity index (χ1n) is 6.80. The van der Waals surface area contributed by atoms with E-state index >= 15 is 0 Å². The van der Waals surface area contributed by atoms with Crippen molar-refractivity contribution in [3.63, 3.8) is 0 Å². The van der Waals surface area contributed by atoms with E-state index in [2.05, 4.69) is 6.92 Å². The average Bonchev–Trinajstić information content (AvgIpc) is 2.85. The van der Waals surface area contributed by atoms with Gasteiger partial charge in [0.05, 0.1) is 11.7 Å². The predicted octanol–water partition coefficient (Wildman–Crippen LogP) is 4.48. The second-order valence-electron chi connectivity index (χ2n) is 4.98. The second kappa shape index (κ2) is 6.62. The van der Waals surface area contributed by atoms with E-state index in [0.717, 1.165) is 23.4 Å². The summed E-state index contributed by atoms with van der Waals surface area (Å²) in [7, 11) is 0. The van der Waals surface area contributed by atoms with Gasteiger partial charge >= 0.3 is 6.18 Å². The SMILES string of the molecule is CCc1ccc(CC(O)Cc2cccc(C(F)(F)F)c2)s1. The number of aliphatic hydroxyl groups excluding tert-OH is 1. The molecule has 1 aromatic heterocycles. The average molecular weight is 314 g/mol. The molecule has 0 fully saturated rings. The standard InChI is InChI=1S/C16H17F3OS/c1-2-14-6-7-15(21-14)10-13(20)9-11-4-3-5-12(8-11)16(17,18)19/h3-8,13,20H,2,9-10H2,1H3. The van der Waals surface area contributed by atoms with Gasteiger partial charge < -0.3 is 5.11 Å². The van der Waals surface area contributed by atoms with Gasteiger partial charge in [-0.2, -0.15) is 13.2 Å². The van der Waals surface area contributed by atoms with Crippen molar-refractivity contribution < 1.29 is 18.3 Å². The largest absolute Gasteiger partial charge is 0.416 e. The number of benzene rings is 1. The van der Waals surface area contributed by atoms with E-state index in [1.165, 1.54) is 10.9 Å². The molecule has 1 N–H and O–H groups in total. The predicted molar refractivity (Wildman–Crippen MR) is 78.6 cm³/mol. The summed E-state index contributed by atoms with van der Waals surface area (Å²) in [6, 6.07) is 9.14. The van der Waals surface area contributed by atoms with Gasteiger partial charge in [-0.25, -0.2) is 0 Å². The van der Waals surface area contributed by atoms with Crippen LogP contribution in [0.1, 0.15) is 27.8 Å². The number of thiophene rings is 1. The third-order valence-electron chi connectivity index (χ3n) is 3.23. The van der Waals surface area contributed by atoms with Gasteiger partial charge in [-0.1, -0.05) is 25.1 Å². The highest BCUT2D eigenvalue weighted by Gasteiger charge is 2.30. The molecule has 0 amide bonds. The van der Waals surface area contributed by atoms with E-state index in [4.69, 9.17) is 0 Å². The van der Waals surface area contributed by atoms with E-state index in [9.17, 15) is 18.3 Å². The number of aryl methyl sites for hydroxylation is 1. The number of alkyl halides is 3. The van der Waals surface area contributed by atoms with Gasteiger partial charge in [-0.05, 0) is 36.6 Å². The molecule has 1 atom stereocenters. The molecule has 1 heterocycles. The fraction of sp³-hybridized carbons (Fsp3) is 0.375. The zero-order valence-electron chi connectivity index (χ0n) is 11.7. The molecule has 1 unspecified atom stereocenters. The second-order valence-corrected chi connectivity index (χ2v) is 6.23. The van der Waals surface area contributed by atoms with Crippen LogP contribution in [-0.2, 0) is 25.4 Å². The molecule has 2 aromatic rings. The minimum absolute atomic E-state index is 0.225. The molecular weight excluding hydrogens is 297 g/mol. The summed E-state index contributed by atoms with van der Waals surface area (Å²) in [5.41, 5.74) is -0.166. The molecule has 0 aliphatic rings. The van der Waals surface area contributed by atoms with Gasteiger partial charge in [0.2, 0.25) is 0 Å². The van der Waals surface area contributed by atoms with Crippen LogP contribution in [0.15, 0.2) is 36.4 Å². The van der Waals surface area contributed by atoms with Crippen molar-refractivity contribution >= 4 is 11.3 Å². The smallest absolute Gasteiger partial charge is 0.392 e. The van der Waals surface area contributed by atoms with E-state index in [-0.39, 0.29) is 6.42 Å². The van der Waals surface area contributed by atoms with E-state index in [1.54, 1.807) is 17.4 Å². The Kier molecular flexibility index (Phi) is 5.06.